The Morgan fingerprint density at radius 2 is 2.35 bits per heavy atom. The molecule has 17 heavy (non-hydrogen) atoms. The lowest BCUT2D eigenvalue weighted by molar-refractivity contribution is 0.315. The minimum atomic E-state index is 0.349. The van der Waals surface area contributed by atoms with Gasteiger partial charge in [0.15, 0.2) is 0 Å². The molecule has 1 heterocycles. The maximum absolute atomic E-state index is 6.24. The molecule has 94 valence electrons. The first-order valence-corrected chi connectivity index (χ1v) is 7.24. The molecule has 0 fully saturated rings. The first kappa shape index (κ1) is 13.2. The summed E-state index contributed by atoms with van der Waals surface area (Å²) >= 11 is 9.73. The monoisotopic (exact) mass is 317 g/mol. The van der Waals surface area contributed by atoms with Crippen LogP contribution in [0.15, 0.2) is 16.6 Å². The zero-order valence-corrected chi connectivity index (χ0v) is 12.3. The third-order valence-corrected chi connectivity index (χ3v) is 3.68. The Morgan fingerprint density at radius 1 is 1.53 bits per heavy atom. The third-order valence-electron chi connectivity index (χ3n) is 2.94. The van der Waals surface area contributed by atoms with Gasteiger partial charge in [0.1, 0.15) is 5.75 Å². The van der Waals surface area contributed by atoms with Gasteiger partial charge >= 0.3 is 0 Å². The molecule has 0 bridgehead atoms. The number of ether oxygens (including phenoxy) is 1. The molecule has 1 aromatic rings. The Hall–Kier alpha value is -0.250. The van der Waals surface area contributed by atoms with Crippen LogP contribution in [0.25, 0.3) is 0 Å². The summed E-state index contributed by atoms with van der Waals surface area (Å²) in [6, 6.07) is 4.35. The summed E-state index contributed by atoms with van der Waals surface area (Å²) in [5.41, 5.74) is 1.18. The van der Waals surface area contributed by atoms with Crippen molar-refractivity contribution in [2.75, 3.05) is 13.2 Å². The van der Waals surface area contributed by atoms with Gasteiger partial charge in [-0.15, -0.1) is 0 Å². The van der Waals surface area contributed by atoms with Gasteiger partial charge in [-0.05, 0) is 37.9 Å². The second-order valence-electron chi connectivity index (χ2n) is 4.30. The molecule has 1 aliphatic rings. The van der Waals surface area contributed by atoms with Crippen LogP contribution >= 0.6 is 27.5 Å². The van der Waals surface area contributed by atoms with Crippen molar-refractivity contribution in [1.29, 1.82) is 0 Å². The lowest BCUT2D eigenvalue weighted by Gasteiger charge is -2.19. The maximum atomic E-state index is 6.24. The summed E-state index contributed by atoms with van der Waals surface area (Å²) in [7, 11) is 0. The van der Waals surface area contributed by atoms with Crippen LogP contribution in [-0.4, -0.2) is 13.2 Å². The van der Waals surface area contributed by atoms with Gasteiger partial charge in [-0.3, -0.25) is 0 Å². The lowest BCUT2D eigenvalue weighted by Crippen LogP contribution is -2.21. The highest BCUT2D eigenvalue weighted by atomic mass is 79.9. The summed E-state index contributed by atoms with van der Waals surface area (Å²) in [4.78, 5) is 0. The summed E-state index contributed by atoms with van der Waals surface area (Å²) < 4.78 is 6.76. The van der Waals surface area contributed by atoms with Crippen LogP contribution < -0.4 is 10.1 Å². The lowest BCUT2D eigenvalue weighted by atomic mass is 10.0. The molecule has 0 saturated carbocycles. The molecule has 2 rings (SSSR count). The maximum Gasteiger partial charge on any atom is 0.142 e. The number of hydrogen-bond donors (Lipinski definition) is 1. The highest BCUT2D eigenvalue weighted by Crippen LogP contribution is 2.39. The highest BCUT2D eigenvalue weighted by Gasteiger charge is 2.21. The second-order valence-corrected chi connectivity index (χ2v) is 5.63. The Morgan fingerprint density at radius 3 is 3.12 bits per heavy atom. The standard InChI is InChI=1S/C13H17BrClNO/c1-2-5-16-12-4-3-6-17-13-10(12)7-9(14)8-11(13)15/h7-8,12,16H,2-6H2,1H3. The Kier molecular flexibility index (Phi) is 4.71. The van der Waals surface area contributed by atoms with E-state index < -0.39 is 0 Å². The smallest absolute Gasteiger partial charge is 0.142 e. The van der Waals surface area contributed by atoms with Crippen LogP contribution in [0.1, 0.15) is 37.8 Å². The van der Waals surface area contributed by atoms with Gasteiger partial charge < -0.3 is 10.1 Å². The normalized spacial score (nSPS) is 19.4. The van der Waals surface area contributed by atoms with Crippen molar-refractivity contribution in [1.82, 2.24) is 5.32 Å². The summed E-state index contributed by atoms with van der Waals surface area (Å²) in [5.74, 6) is 0.848. The fraction of sp³-hybridized carbons (Fsp3) is 0.538. The van der Waals surface area contributed by atoms with E-state index in [9.17, 15) is 0 Å². The van der Waals surface area contributed by atoms with Crippen molar-refractivity contribution in [3.05, 3.63) is 27.2 Å². The SMILES string of the molecule is CCCNC1CCCOc2c(Cl)cc(Br)cc21. The summed E-state index contributed by atoms with van der Waals surface area (Å²) in [6.07, 6.45) is 3.29. The van der Waals surface area contributed by atoms with Crippen molar-refractivity contribution in [3.63, 3.8) is 0 Å². The van der Waals surface area contributed by atoms with Crippen LogP contribution in [0, 0.1) is 0 Å². The number of nitrogens with one attached hydrogen (secondary N) is 1. The molecule has 0 aromatic heterocycles. The molecule has 0 spiro atoms. The van der Waals surface area contributed by atoms with E-state index in [1.165, 1.54) is 5.56 Å². The molecule has 1 aliphatic heterocycles. The highest BCUT2D eigenvalue weighted by molar-refractivity contribution is 9.10. The Balaban J connectivity index is 2.33. The average molecular weight is 319 g/mol. The molecule has 2 nitrogen and oxygen atoms in total. The van der Waals surface area contributed by atoms with Gasteiger partial charge in [0.05, 0.1) is 11.6 Å². The Labute approximate surface area is 116 Å². The minimum absolute atomic E-state index is 0.349. The van der Waals surface area contributed by atoms with Gasteiger partial charge in [-0.2, -0.15) is 0 Å². The topological polar surface area (TPSA) is 21.3 Å². The second kappa shape index (κ2) is 6.07. The molecule has 0 radical (unpaired) electrons. The van der Waals surface area contributed by atoms with E-state index in [4.69, 9.17) is 16.3 Å². The fourth-order valence-electron chi connectivity index (χ4n) is 2.14. The number of hydrogen-bond acceptors (Lipinski definition) is 2. The molecule has 1 aromatic carbocycles. The largest absolute Gasteiger partial charge is 0.492 e. The quantitative estimate of drug-likeness (QED) is 0.896. The molecule has 0 saturated heterocycles. The summed E-state index contributed by atoms with van der Waals surface area (Å²) in [5, 5.41) is 4.26. The van der Waals surface area contributed by atoms with Crippen LogP contribution in [0.5, 0.6) is 5.75 Å². The van der Waals surface area contributed by atoms with E-state index in [1.54, 1.807) is 0 Å². The van der Waals surface area contributed by atoms with Crippen molar-refractivity contribution in [2.24, 2.45) is 0 Å². The first-order chi connectivity index (χ1) is 8.22. The van der Waals surface area contributed by atoms with Crippen LogP contribution in [-0.2, 0) is 0 Å². The molecule has 1 N–H and O–H groups in total. The fourth-order valence-corrected chi connectivity index (χ4v) is 3.03. The van der Waals surface area contributed by atoms with Gasteiger partial charge in [0.25, 0.3) is 0 Å². The zero-order valence-electron chi connectivity index (χ0n) is 9.93. The van der Waals surface area contributed by atoms with E-state index >= 15 is 0 Å². The van der Waals surface area contributed by atoms with Gasteiger partial charge in [0, 0.05) is 16.1 Å². The number of halogens is 2. The van der Waals surface area contributed by atoms with Crippen molar-refractivity contribution >= 4 is 27.5 Å². The third kappa shape index (κ3) is 3.15. The zero-order chi connectivity index (χ0) is 12.3. The number of benzene rings is 1. The minimum Gasteiger partial charge on any atom is -0.492 e. The van der Waals surface area contributed by atoms with E-state index in [2.05, 4.69) is 34.2 Å². The number of fused-ring (bicyclic) bond motifs is 1. The summed E-state index contributed by atoms with van der Waals surface area (Å²) in [6.45, 7) is 3.95. The molecule has 1 unspecified atom stereocenters. The van der Waals surface area contributed by atoms with Crippen molar-refractivity contribution < 1.29 is 4.74 Å². The van der Waals surface area contributed by atoms with Crippen molar-refractivity contribution in [3.8, 4) is 5.75 Å². The molecular weight excluding hydrogens is 302 g/mol. The van der Waals surface area contributed by atoms with E-state index in [1.807, 2.05) is 6.07 Å². The molecular formula is C13H17BrClNO. The predicted octanol–water partition coefficient (Wildman–Crippen LogP) is 4.32. The average Bonchev–Trinajstić information content (AvgIpc) is 2.49. The van der Waals surface area contributed by atoms with Gasteiger partial charge in [0.2, 0.25) is 0 Å². The van der Waals surface area contributed by atoms with Gasteiger partial charge in [-0.1, -0.05) is 34.5 Å². The van der Waals surface area contributed by atoms with E-state index in [0.29, 0.717) is 11.1 Å². The van der Waals surface area contributed by atoms with Crippen LogP contribution in [0.3, 0.4) is 0 Å². The number of rotatable bonds is 3. The van der Waals surface area contributed by atoms with E-state index in [-0.39, 0.29) is 0 Å². The van der Waals surface area contributed by atoms with E-state index in [0.717, 1.165) is 42.6 Å². The van der Waals surface area contributed by atoms with Crippen LogP contribution in [0.2, 0.25) is 5.02 Å². The Bertz CT molecular complexity index is 397. The molecule has 1 atom stereocenters. The van der Waals surface area contributed by atoms with Crippen LogP contribution in [0.4, 0.5) is 0 Å². The molecule has 0 amide bonds. The first-order valence-electron chi connectivity index (χ1n) is 6.07. The molecule has 4 heteroatoms. The van der Waals surface area contributed by atoms with Gasteiger partial charge in [-0.25, -0.2) is 0 Å². The predicted molar refractivity (Wildman–Crippen MR) is 74.9 cm³/mol. The molecule has 0 aliphatic carbocycles. The van der Waals surface area contributed by atoms with Crippen molar-refractivity contribution in [2.45, 2.75) is 32.2 Å².